The van der Waals surface area contributed by atoms with Gasteiger partial charge in [0.15, 0.2) is 10.9 Å². The second-order valence-electron chi connectivity index (χ2n) is 9.50. The van der Waals surface area contributed by atoms with Crippen molar-refractivity contribution in [2.24, 2.45) is 0 Å². The van der Waals surface area contributed by atoms with Gasteiger partial charge in [0.2, 0.25) is 5.91 Å². The molecule has 0 atom stereocenters. The Bertz CT molecular complexity index is 1610. The fourth-order valence-corrected chi connectivity index (χ4v) is 5.50. The first-order chi connectivity index (χ1) is 20.4. The van der Waals surface area contributed by atoms with E-state index in [-0.39, 0.29) is 17.4 Å². The van der Waals surface area contributed by atoms with Gasteiger partial charge in [0.05, 0.1) is 29.2 Å². The Balaban J connectivity index is 1.33. The zero-order chi connectivity index (χ0) is 29.6. The van der Waals surface area contributed by atoms with Gasteiger partial charge in [-0.2, -0.15) is 0 Å². The molecule has 0 unspecified atom stereocenters. The normalized spacial score (nSPS) is 12.4. The summed E-state index contributed by atoms with van der Waals surface area (Å²) in [5.74, 6) is 0.396. The van der Waals surface area contributed by atoms with Gasteiger partial charge in [-0.25, -0.2) is 4.90 Å². The minimum Gasteiger partial charge on any atom is -0.494 e. The lowest BCUT2D eigenvalue weighted by Gasteiger charge is -2.15. The molecule has 11 heteroatoms. The van der Waals surface area contributed by atoms with Crippen molar-refractivity contribution in [3.8, 4) is 11.4 Å². The Labute approximate surface area is 247 Å². The number of carbonyl (C=O) groups is 4. The Morgan fingerprint density at radius 1 is 0.905 bits per heavy atom. The Morgan fingerprint density at radius 3 is 2.29 bits per heavy atom. The van der Waals surface area contributed by atoms with Gasteiger partial charge in [-0.3, -0.25) is 23.7 Å². The number of nitrogens with zero attached hydrogens (tertiary/aromatic N) is 4. The van der Waals surface area contributed by atoms with Crippen LogP contribution in [-0.4, -0.2) is 57.2 Å². The molecule has 1 aromatic heterocycles. The zero-order valence-corrected chi connectivity index (χ0v) is 24.0. The third kappa shape index (κ3) is 6.10. The SMILES string of the molecule is CCOc1ccc(-n2c(CCCNC(C)=O)nnc2SCC(=O)c2cccc(N3C(=O)c4ccccc4C3=O)c2)cc1. The molecule has 3 aromatic carbocycles. The number of benzene rings is 3. The molecule has 1 aliphatic rings. The molecule has 0 saturated heterocycles. The Kier molecular flexibility index (Phi) is 8.77. The molecule has 42 heavy (non-hydrogen) atoms. The molecule has 0 spiro atoms. The van der Waals surface area contributed by atoms with Gasteiger partial charge in [0, 0.05) is 31.1 Å². The van der Waals surface area contributed by atoms with Crippen LogP contribution in [0.2, 0.25) is 0 Å². The molecule has 1 aliphatic heterocycles. The number of nitrogens with one attached hydrogen (secondary N) is 1. The number of hydrogen-bond donors (Lipinski definition) is 1. The highest BCUT2D eigenvalue weighted by Gasteiger charge is 2.36. The van der Waals surface area contributed by atoms with Gasteiger partial charge in [-0.05, 0) is 61.9 Å². The van der Waals surface area contributed by atoms with Crippen molar-refractivity contribution in [3.63, 3.8) is 0 Å². The number of fused-ring (bicyclic) bond motifs is 1. The van der Waals surface area contributed by atoms with Crippen LogP contribution in [0.15, 0.2) is 78.0 Å². The summed E-state index contributed by atoms with van der Waals surface area (Å²) in [7, 11) is 0. The van der Waals surface area contributed by atoms with Gasteiger partial charge in [0.25, 0.3) is 11.8 Å². The van der Waals surface area contributed by atoms with E-state index in [1.165, 1.54) is 18.7 Å². The molecule has 2 heterocycles. The van der Waals surface area contributed by atoms with E-state index in [0.717, 1.165) is 16.3 Å². The van der Waals surface area contributed by atoms with Crippen molar-refractivity contribution >= 4 is 41.0 Å². The number of imide groups is 1. The summed E-state index contributed by atoms with van der Waals surface area (Å²) in [6.45, 7) is 4.46. The quantitative estimate of drug-likeness (QED) is 0.112. The smallest absolute Gasteiger partial charge is 0.266 e. The summed E-state index contributed by atoms with van der Waals surface area (Å²) >= 11 is 1.24. The number of ether oxygens (including phenoxy) is 1. The minimum absolute atomic E-state index is 0.0621. The number of anilines is 1. The van der Waals surface area contributed by atoms with Crippen LogP contribution in [0.4, 0.5) is 5.69 Å². The number of thioether (sulfide) groups is 1. The molecule has 3 amide bonds. The van der Waals surface area contributed by atoms with Gasteiger partial charge in [-0.15, -0.1) is 10.2 Å². The fraction of sp³-hybridized carbons (Fsp3) is 0.226. The van der Waals surface area contributed by atoms with E-state index in [1.807, 2.05) is 35.8 Å². The molecular formula is C31H29N5O5S. The van der Waals surface area contributed by atoms with Crippen LogP contribution in [0.5, 0.6) is 5.75 Å². The Hall–Kier alpha value is -4.77. The molecule has 214 valence electrons. The van der Waals surface area contributed by atoms with Crippen LogP contribution in [0, 0.1) is 0 Å². The summed E-state index contributed by atoms with van der Waals surface area (Å²) < 4.78 is 7.47. The highest BCUT2D eigenvalue weighted by Crippen LogP contribution is 2.30. The molecule has 5 rings (SSSR count). The molecular weight excluding hydrogens is 554 g/mol. The standard InChI is InChI=1S/C31H29N5O5S/c1-3-41-24-15-13-22(14-16-24)35-28(12-7-17-32-20(2)37)33-34-31(35)42-19-27(38)21-8-6-9-23(18-21)36-29(39)25-10-4-5-11-26(25)30(36)40/h4-6,8-11,13-16,18H,3,7,12,17,19H2,1-2H3,(H,32,37). The predicted octanol–water partition coefficient (Wildman–Crippen LogP) is 4.51. The van der Waals surface area contributed by atoms with Gasteiger partial charge in [0.1, 0.15) is 11.6 Å². The van der Waals surface area contributed by atoms with Crippen molar-refractivity contribution in [2.45, 2.75) is 31.8 Å². The maximum Gasteiger partial charge on any atom is 0.266 e. The van der Waals surface area contributed by atoms with Crippen molar-refractivity contribution < 1.29 is 23.9 Å². The number of aromatic nitrogens is 3. The summed E-state index contributed by atoms with van der Waals surface area (Å²) in [5.41, 5.74) is 2.23. The Morgan fingerprint density at radius 2 is 1.62 bits per heavy atom. The lowest BCUT2D eigenvalue weighted by atomic mass is 10.1. The first-order valence-corrected chi connectivity index (χ1v) is 14.5. The molecule has 0 fully saturated rings. The van der Waals surface area contributed by atoms with Crippen molar-refractivity contribution in [2.75, 3.05) is 23.8 Å². The molecule has 0 saturated carbocycles. The molecule has 4 aromatic rings. The number of amides is 3. The third-order valence-corrected chi connectivity index (χ3v) is 7.54. The summed E-state index contributed by atoms with van der Waals surface area (Å²) in [6, 6.07) is 20.7. The topological polar surface area (TPSA) is 123 Å². The van der Waals surface area contributed by atoms with Crippen LogP contribution in [0.25, 0.3) is 5.69 Å². The van der Waals surface area contributed by atoms with E-state index in [1.54, 1.807) is 48.5 Å². The fourth-order valence-electron chi connectivity index (χ4n) is 4.64. The summed E-state index contributed by atoms with van der Waals surface area (Å²) in [6.07, 6.45) is 1.24. The maximum absolute atomic E-state index is 13.3. The van der Waals surface area contributed by atoms with E-state index in [2.05, 4.69) is 15.5 Å². The van der Waals surface area contributed by atoms with Crippen molar-refractivity contribution in [1.29, 1.82) is 0 Å². The highest BCUT2D eigenvalue weighted by molar-refractivity contribution is 7.99. The lowest BCUT2D eigenvalue weighted by Crippen LogP contribution is -2.29. The van der Waals surface area contributed by atoms with E-state index >= 15 is 0 Å². The number of carbonyl (C=O) groups excluding carboxylic acids is 4. The highest BCUT2D eigenvalue weighted by atomic mass is 32.2. The maximum atomic E-state index is 13.3. The molecule has 0 aliphatic carbocycles. The average molecular weight is 584 g/mol. The number of rotatable bonds is 12. The first-order valence-electron chi connectivity index (χ1n) is 13.5. The predicted molar refractivity (Wildman–Crippen MR) is 159 cm³/mol. The second kappa shape index (κ2) is 12.8. The van der Waals surface area contributed by atoms with Crippen LogP contribution in [0.1, 0.15) is 57.2 Å². The van der Waals surface area contributed by atoms with Crippen molar-refractivity contribution in [1.82, 2.24) is 20.1 Å². The average Bonchev–Trinajstić information content (AvgIpc) is 3.52. The molecule has 0 bridgehead atoms. The molecule has 10 nitrogen and oxygen atoms in total. The monoisotopic (exact) mass is 583 g/mol. The van der Waals surface area contributed by atoms with Crippen LogP contribution < -0.4 is 15.0 Å². The van der Waals surface area contributed by atoms with Gasteiger partial charge < -0.3 is 10.1 Å². The van der Waals surface area contributed by atoms with Crippen LogP contribution >= 0.6 is 11.8 Å². The zero-order valence-electron chi connectivity index (χ0n) is 23.2. The minimum atomic E-state index is -0.413. The number of aryl methyl sites for hydroxylation is 1. The second-order valence-corrected chi connectivity index (χ2v) is 10.4. The van der Waals surface area contributed by atoms with Crippen LogP contribution in [0.3, 0.4) is 0 Å². The summed E-state index contributed by atoms with van der Waals surface area (Å²) in [4.78, 5) is 51.5. The number of hydrogen-bond acceptors (Lipinski definition) is 8. The van der Waals surface area contributed by atoms with Crippen LogP contribution in [-0.2, 0) is 11.2 Å². The third-order valence-electron chi connectivity index (χ3n) is 6.61. The lowest BCUT2D eigenvalue weighted by molar-refractivity contribution is -0.118. The first kappa shape index (κ1) is 28.7. The van der Waals surface area contributed by atoms with Gasteiger partial charge in [-0.1, -0.05) is 36.0 Å². The number of Topliss-reactive ketones (excluding diaryl/α,β-unsaturated/α-hetero) is 1. The molecule has 1 N–H and O–H groups in total. The van der Waals surface area contributed by atoms with Crippen molar-refractivity contribution in [3.05, 3.63) is 95.3 Å². The van der Waals surface area contributed by atoms with E-state index < -0.39 is 11.8 Å². The largest absolute Gasteiger partial charge is 0.494 e. The summed E-state index contributed by atoms with van der Waals surface area (Å²) in [5, 5.41) is 12.1. The van der Waals surface area contributed by atoms with E-state index in [9.17, 15) is 19.2 Å². The van der Waals surface area contributed by atoms with E-state index in [0.29, 0.717) is 59.4 Å². The van der Waals surface area contributed by atoms with Gasteiger partial charge >= 0.3 is 0 Å². The molecule has 0 radical (unpaired) electrons. The number of ketones is 1. The van der Waals surface area contributed by atoms with E-state index in [4.69, 9.17) is 4.74 Å².